The van der Waals surface area contributed by atoms with Gasteiger partial charge >= 0.3 is 0 Å². The molecule has 0 spiro atoms. The standard InChI is InChI=1S/C19H21NO6S/c1-19(2,3)14-7-4-5-10-17(14)27(23,24)18-15(20(21)22)8-6-9-16(18)26-12-13-11-25-13/h4-10,13H,11-12H2,1-3H3. The van der Waals surface area contributed by atoms with Crippen LogP contribution in [0.25, 0.3) is 0 Å². The van der Waals surface area contributed by atoms with Gasteiger partial charge in [0.2, 0.25) is 9.84 Å². The van der Waals surface area contributed by atoms with Crippen LogP contribution in [-0.4, -0.2) is 32.7 Å². The third-order valence-corrected chi connectivity index (χ3v) is 6.12. The first-order valence-corrected chi connectivity index (χ1v) is 9.97. The average Bonchev–Trinajstić information content (AvgIpc) is 3.43. The first-order valence-electron chi connectivity index (χ1n) is 8.49. The maximum Gasteiger partial charge on any atom is 0.292 e. The fourth-order valence-electron chi connectivity index (χ4n) is 2.81. The van der Waals surface area contributed by atoms with E-state index in [4.69, 9.17) is 9.47 Å². The minimum Gasteiger partial charge on any atom is -0.489 e. The summed E-state index contributed by atoms with van der Waals surface area (Å²) < 4.78 is 37.6. The smallest absolute Gasteiger partial charge is 0.292 e. The van der Waals surface area contributed by atoms with Crippen LogP contribution >= 0.6 is 0 Å². The Labute approximate surface area is 158 Å². The monoisotopic (exact) mass is 391 g/mol. The SMILES string of the molecule is CC(C)(C)c1ccccc1S(=O)(=O)c1c(OCC2CO2)cccc1[N+](=O)[O-]. The molecular weight excluding hydrogens is 370 g/mol. The molecule has 2 aromatic rings. The third kappa shape index (κ3) is 3.96. The van der Waals surface area contributed by atoms with E-state index in [0.717, 1.165) is 0 Å². The van der Waals surface area contributed by atoms with E-state index in [-0.39, 0.29) is 23.4 Å². The molecule has 7 nitrogen and oxygen atoms in total. The second kappa shape index (κ2) is 6.94. The van der Waals surface area contributed by atoms with E-state index >= 15 is 0 Å². The molecule has 1 aliphatic heterocycles. The molecular formula is C19H21NO6S. The average molecular weight is 391 g/mol. The number of epoxide rings is 1. The molecule has 0 bridgehead atoms. The summed E-state index contributed by atoms with van der Waals surface area (Å²) in [5.41, 5.74) is -0.386. The second-order valence-corrected chi connectivity index (χ2v) is 9.23. The van der Waals surface area contributed by atoms with Crippen molar-refractivity contribution >= 4 is 15.5 Å². The van der Waals surface area contributed by atoms with E-state index in [1.54, 1.807) is 18.2 Å². The highest BCUT2D eigenvalue weighted by molar-refractivity contribution is 7.91. The summed E-state index contributed by atoms with van der Waals surface area (Å²) in [7, 11) is -4.19. The van der Waals surface area contributed by atoms with Gasteiger partial charge in [0.1, 0.15) is 18.5 Å². The van der Waals surface area contributed by atoms with E-state index in [2.05, 4.69) is 0 Å². The number of nitrogens with zero attached hydrogens (tertiary/aromatic N) is 1. The van der Waals surface area contributed by atoms with Gasteiger partial charge in [0.05, 0.1) is 16.4 Å². The van der Waals surface area contributed by atoms with E-state index in [1.165, 1.54) is 24.3 Å². The van der Waals surface area contributed by atoms with E-state index in [9.17, 15) is 18.5 Å². The molecule has 1 atom stereocenters. The number of hydrogen-bond donors (Lipinski definition) is 0. The summed E-state index contributed by atoms with van der Waals surface area (Å²) in [6, 6.07) is 10.6. The summed E-state index contributed by atoms with van der Waals surface area (Å²) in [4.78, 5) is 10.5. The van der Waals surface area contributed by atoms with Gasteiger partial charge in [0.15, 0.2) is 4.90 Å². The molecule has 144 valence electrons. The Hall–Kier alpha value is -2.45. The van der Waals surface area contributed by atoms with Crippen molar-refractivity contribution in [3.05, 3.63) is 58.1 Å². The summed E-state index contributed by atoms with van der Waals surface area (Å²) in [5, 5.41) is 11.5. The zero-order chi connectivity index (χ0) is 19.8. The molecule has 0 saturated carbocycles. The highest BCUT2D eigenvalue weighted by atomic mass is 32.2. The minimum atomic E-state index is -4.19. The van der Waals surface area contributed by atoms with Gasteiger partial charge in [-0.2, -0.15) is 0 Å². The largest absolute Gasteiger partial charge is 0.489 e. The van der Waals surface area contributed by atoms with Crippen molar-refractivity contribution in [1.82, 2.24) is 0 Å². The van der Waals surface area contributed by atoms with E-state index in [1.807, 2.05) is 20.8 Å². The topological polar surface area (TPSA) is 99.0 Å². The molecule has 0 N–H and O–H groups in total. The third-order valence-electron chi connectivity index (χ3n) is 4.24. The van der Waals surface area contributed by atoms with Gasteiger partial charge in [0.25, 0.3) is 5.69 Å². The van der Waals surface area contributed by atoms with Crippen LogP contribution in [0.4, 0.5) is 5.69 Å². The van der Waals surface area contributed by atoms with Gasteiger partial charge in [-0.25, -0.2) is 8.42 Å². The maximum absolute atomic E-state index is 13.5. The van der Waals surface area contributed by atoms with Gasteiger partial charge in [0, 0.05) is 6.07 Å². The summed E-state index contributed by atoms with van der Waals surface area (Å²) in [5.74, 6) is -0.0385. The number of ether oxygens (including phenoxy) is 2. The van der Waals surface area contributed by atoms with Crippen molar-refractivity contribution in [2.24, 2.45) is 0 Å². The highest BCUT2D eigenvalue weighted by Gasteiger charge is 2.36. The van der Waals surface area contributed by atoms with Gasteiger partial charge in [-0.05, 0) is 23.1 Å². The summed E-state index contributed by atoms with van der Waals surface area (Å²) in [6.07, 6.45) is -0.110. The molecule has 0 radical (unpaired) electrons. The van der Waals surface area contributed by atoms with Crippen LogP contribution < -0.4 is 4.74 Å². The van der Waals surface area contributed by atoms with Gasteiger partial charge < -0.3 is 9.47 Å². The number of sulfone groups is 1. The lowest BCUT2D eigenvalue weighted by atomic mass is 9.87. The lowest BCUT2D eigenvalue weighted by Gasteiger charge is -2.23. The molecule has 0 aromatic heterocycles. The van der Waals surface area contributed by atoms with Crippen LogP contribution in [0.1, 0.15) is 26.3 Å². The Kier molecular flexibility index (Phi) is 4.96. The molecule has 3 rings (SSSR count). The Balaban J connectivity index is 2.21. The van der Waals surface area contributed by atoms with Crippen molar-refractivity contribution in [3.63, 3.8) is 0 Å². The highest BCUT2D eigenvalue weighted by Crippen LogP contribution is 2.40. The predicted octanol–water partition coefficient (Wildman–Crippen LogP) is 3.50. The molecule has 8 heteroatoms. The lowest BCUT2D eigenvalue weighted by molar-refractivity contribution is -0.388. The molecule has 1 fully saturated rings. The zero-order valence-electron chi connectivity index (χ0n) is 15.3. The summed E-state index contributed by atoms with van der Waals surface area (Å²) >= 11 is 0. The fourth-order valence-corrected chi connectivity index (χ4v) is 4.76. The van der Waals surface area contributed by atoms with Gasteiger partial charge in [-0.1, -0.05) is 45.0 Å². The minimum absolute atomic E-state index is 0.0385. The van der Waals surface area contributed by atoms with Crippen LogP contribution in [0.15, 0.2) is 52.3 Å². The molecule has 2 aromatic carbocycles. The summed E-state index contributed by atoms with van der Waals surface area (Å²) in [6.45, 7) is 6.35. The van der Waals surface area contributed by atoms with Crippen molar-refractivity contribution < 1.29 is 22.8 Å². The Morgan fingerprint density at radius 2 is 1.85 bits per heavy atom. The molecule has 0 aliphatic carbocycles. The van der Waals surface area contributed by atoms with Crippen molar-refractivity contribution in [2.75, 3.05) is 13.2 Å². The Morgan fingerprint density at radius 3 is 2.44 bits per heavy atom. The molecule has 0 amide bonds. The molecule has 1 saturated heterocycles. The Morgan fingerprint density at radius 1 is 1.19 bits per heavy atom. The van der Waals surface area contributed by atoms with Crippen molar-refractivity contribution in [3.8, 4) is 5.75 Å². The number of nitro groups is 1. The first-order chi connectivity index (χ1) is 12.6. The number of benzene rings is 2. The molecule has 1 heterocycles. The number of nitro benzene ring substituents is 1. The van der Waals surface area contributed by atoms with Crippen molar-refractivity contribution in [1.29, 1.82) is 0 Å². The van der Waals surface area contributed by atoms with Gasteiger partial charge in [-0.15, -0.1) is 0 Å². The zero-order valence-corrected chi connectivity index (χ0v) is 16.2. The van der Waals surface area contributed by atoms with Crippen LogP contribution in [-0.2, 0) is 20.0 Å². The lowest BCUT2D eigenvalue weighted by Crippen LogP contribution is -2.18. The molecule has 1 unspecified atom stereocenters. The van der Waals surface area contributed by atoms with E-state index in [0.29, 0.717) is 12.2 Å². The van der Waals surface area contributed by atoms with Gasteiger partial charge in [-0.3, -0.25) is 10.1 Å². The fraction of sp³-hybridized carbons (Fsp3) is 0.368. The normalized spacial score (nSPS) is 16.8. The van der Waals surface area contributed by atoms with Crippen LogP contribution in [0.2, 0.25) is 0 Å². The van der Waals surface area contributed by atoms with Crippen LogP contribution in [0.3, 0.4) is 0 Å². The maximum atomic E-state index is 13.5. The predicted molar refractivity (Wildman–Crippen MR) is 98.9 cm³/mol. The van der Waals surface area contributed by atoms with E-state index < -0.39 is 30.8 Å². The van der Waals surface area contributed by atoms with Crippen molar-refractivity contribution in [2.45, 2.75) is 42.1 Å². The molecule has 27 heavy (non-hydrogen) atoms. The molecule has 1 aliphatic rings. The first kappa shape index (κ1) is 19.3. The van der Waals surface area contributed by atoms with Crippen LogP contribution in [0, 0.1) is 10.1 Å². The van der Waals surface area contributed by atoms with Crippen LogP contribution in [0.5, 0.6) is 5.75 Å². The number of hydrogen-bond acceptors (Lipinski definition) is 6. The quantitative estimate of drug-likeness (QED) is 0.424. The second-order valence-electron chi connectivity index (χ2n) is 7.38. The number of rotatable bonds is 6. The Bertz CT molecular complexity index is 974.